The summed E-state index contributed by atoms with van der Waals surface area (Å²) in [6, 6.07) is 0. The fourth-order valence-electron chi connectivity index (χ4n) is 3.02. The number of nitrogens with one attached hydrogen (secondary N) is 1. The molecule has 2 rings (SSSR count). The predicted octanol–water partition coefficient (Wildman–Crippen LogP) is 1.02. The highest BCUT2D eigenvalue weighted by molar-refractivity contribution is 5.86. The molecule has 0 bridgehead atoms. The van der Waals surface area contributed by atoms with E-state index in [4.69, 9.17) is 0 Å². The minimum Gasteiger partial charge on any atom is -0.341 e. The molecule has 2 aliphatic rings. The molecule has 5 nitrogen and oxygen atoms in total. The highest BCUT2D eigenvalue weighted by Gasteiger charge is 2.37. The smallest absolute Gasteiger partial charge is 0.242 e. The van der Waals surface area contributed by atoms with Gasteiger partial charge in [0.15, 0.2) is 0 Å². The molecule has 1 atom stereocenters. The summed E-state index contributed by atoms with van der Waals surface area (Å²) in [5, 5.41) is 3.38. The third kappa shape index (κ3) is 3.85. The first-order valence-corrected chi connectivity index (χ1v) is 7.33. The average molecular weight is 304 g/mol. The van der Waals surface area contributed by atoms with Gasteiger partial charge in [0.1, 0.15) is 0 Å². The Morgan fingerprint density at radius 2 is 1.65 bits per heavy atom. The third-order valence-corrected chi connectivity index (χ3v) is 4.32. The van der Waals surface area contributed by atoms with Gasteiger partial charge in [0.2, 0.25) is 11.8 Å². The van der Waals surface area contributed by atoms with E-state index in [0.29, 0.717) is 13.1 Å². The van der Waals surface area contributed by atoms with Crippen LogP contribution in [0.2, 0.25) is 0 Å². The summed E-state index contributed by atoms with van der Waals surface area (Å²) in [7, 11) is 0. The number of rotatable bonds is 1. The van der Waals surface area contributed by atoms with Gasteiger partial charge in [0, 0.05) is 33.1 Å². The molecule has 0 saturated carbocycles. The van der Waals surface area contributed by atoms with Crippen molar-refractivity contribution in [1.82, 2.24) is 15.1 Å². The second-order valence-corrected chi connectivity index (χ2v) is 5.87. The predicted molar refractivity (Wildman–Crippen MR) is 81.0 cm³/mol. The maximum Gasteiger partial charge on any atom is 0.242 e. The van der Waals surface area contributed by atoms with Crippen LogP contribution in [-0.2, 0) is 9.59 Å². The standard InChI is InChI=1S/C14H25N3O2.ClH/c1-12(18)16-8-5-9-17(11-10-16)13(19)14(2)6-3-4-7-15-14;/h15H,3-11H2,1-2H3;1H. The molecule has 1 unspecified atom stereocenters. The van der Waals surface area contributed by atoms with Gasteiger partial charge in [-0.05, 0) is 39.2 Å². The number of hydrogen-bond acceptors (Lipinski definition) is 3. The van der Waals surface area contributed by atoms with Gasteiger partial charge in [-0.1, -0.05) is 0 Å². The second kappa shape index (κ2) is 7.27. The van der Waals surface area contributed by atoms with Crippen LogP contribution in [0, 0.1) is 0 Å². The van der Waals surface area contributed by atoms with Gasteiger partial charge in [-0.25, -0.2) is 0 Å². The summed E-state index contributed by atoms with van der Waals surface area (Å²) in [5.74, 6) is 0.314. The van der Waals surface area contributed by atoms with Gasteiger partial charge in [-0.2, -0.15) is 0 Å². The minimum absolute atomic E-state index is 0. The van der Waals surface area contributed by atoms with Gasteiger partial charge in [-0.3, -0.25) is 9.59 Å². The molecule has 116 valence electrons. The van der Waals surface area contributed by atoms with Crippen molar-refractivity contribution in [1.29, 1.82) is 0 Å². The van der Waals surface area contributed by atoms with E-state index >= 15 is 0 Å². The first-order valence-electron chi connectivity index (χ1n) is 7.33. The lowest BCUT2D eigenvalue weighted by Gasteiger charge is -2.37. The number of amides is 2. The zero-order chi connectivity index (χ0) is 13.9. The molecule has 2 aliphatic heterocycles. The maximum atomic E-state index is 12.7. The van der Waals surface area contributed by atoms with Gasteiger partial charge in [-0.15, -0.1) is 12.4 Å². The monoisotopic (exact) mass is 303 g/mol. The molecule has 20 heavy (non-hydrogen) atoms. The van der Waals surface area contributed by atoms with E-state index in [1.165, 1.54) is 0 Å². The van der Waals surface area contributed by atoms with Crippen molar-refractivity contribution in [2.24, 2.45) is 0 Å². The first-order chi connectivity index (χ1) is 9.03. The van der Waals surface area contributed by atoms with E-state index in [-0.39, 0.29) is 24.2 Å². The summed E-state index contributed by atoms with van der Waals surface area (Å²) in [6.45, 7) is 7.40. The van der Waals surface area contributed by atoms with Crippen LogP contribution >= 0.6 is 12.4 Å². The third-order valence-electron chi connectivity index (χ3n) is 4.32. The Balaban J connectivity index is 0.00000200. The van der Waals surface area contributed by atoms with Gasteiger partial charge < -0.3 is 15.1 Å². The summed E-state index contributed by atoms with van der Waals surface area (Å²) in [5.41, 5.74) is -0.399. The molecule has 2 heterocycles. The number of carbonyl (C=O) groups is 2. The highest BCUT2D eigenvalue weighted by atomic mass is 35.5. The number of carbonyl (C=O) groups excluding carboxylic acids is 2. The molecule has 0 aliphatic carbocycles. The average Bonchev–Trinajstić information content (AvgIpc) is 2.64. The van der Waals surface area contributed by atoms with Crippen LogP contribution in [0.4, 0.5) is 0 Å². The largest absolute Gasteiger partial charge is 0.341 e. The molecule has 0 spiro atoms. The van der Waals surface area contributed by atoms with Crippen LogP contribution < -0.4 is 5.32 Å². The summed E-state index contributed by atoms with van der Waals surface area (Å²) >= 11 is 0. The molecule has 2 fully saturated rings. The molecule has 0 aromatic carbocycles. The molecule has 0 aromatic heterocycles. The van der Waals surface area contributed by atoms with E-state index in [1.54, 1.807) is 6.92 Å². The molecule has 6 heteroatoms. The number of piperidine rings is 1. The van der Waals surface area contributed by atoms with Crippen LogP contribution in [0.25, 0.3) is 0 Å². The van der Waals surface area contributed by atoms with E-state index in [0.717, 1.165) is 45.3 Å². The first kappa shape index (κ1) is 17.2. The van der Waals surface area contributed by atoms with Crippen LogP contribution in [0.5, 0.6) is 0 Å². The number of hydrogen-bond donors (Lipinski definition) is 1. The lowest BCUT2D eigenvalue weighted by Crippen LogP contribution is -2.58. The quantitative estimate of drug-likeness (QED) is 0.787. The van der Waals surface area contributed by atoms with Crippen molar-refractivity contribution in [2.75, 3.05) is 32.7 Å². The second-order valence-electron chi connectivity index (χ2n) is 5.87. The Labute approximate surface area is 127 Å². The topological polar surface area (TPSA) is 52.7 Å². The van der Waals surface area contributed by atoms with Crippen molar-refractivity contribution in [3.05, 3.63) is 0 Å². The molecule has 2 saturated heterocycles. The Morgan fingerprint density at radius 3 is 2.25 bits per heavy atom. The number of nitrogens with zero attached hydrogens (tertiary/aromatic N) is 2. The lowest BCUT2D eigenvalue weighted by molar-refractivity contribution is -0.139. The van der Waals surface area contributed by atoms with Crippen molar-refractivity contribution >= 4 is 24.2 Å². The molecule has 0 radical (unpaired) electrons. The minimum atomic E-state index is -0.399. The van der Waals surface area contributed by atoms with Crippen LogP contribution in [0.1, 0.15) is 39.5 Å². The van der Waals surface area contributed by atoms with Crippen LogP contribution in [0.3, 0.4) is 0 Å². The normalized spacial score (nSPS) is 27.5. The molecule has 0 aromatic rings. The Hall–Kier alpha value is -0.810. The summed E-state index contributed by atoms with van der Waals surface area (Å²) in [4.78, 5) is 27.8. The van der Waals surface area contributed by atoms with Gasteiger partial charge >= 0.3 is 0 Å². The fourth-order valence-corrected chi connectivity index (χ4v) is 3.02. The van der Waals surface area contributed by atoms with Crippen molar-refractivity contribution < 1.29 is 9.59 Å². The molecular weight excluding hydrogens is 278 g/mol. The van der Waals surface area contributed by atoms with Crippen molar-refractivity contribution in [3.63, 3.8) is 0 Å². The van der Waals surface area contributed by atoms with E-state index in [2.05, 4.69) is 5.32 Å². The van der Waals surface area contributed by atoms with Crippen LogP contribution in [0.15, 0.2) is 0 Å². The van der Waals surface area contributed by atoms with E-state index in [9.17, 15) is 9.59 Å². The Morgan fingerprint density at radius 1 is 1.00 bits per heavy atom. The molecule has 2 amide bonds. The van der Waals surface area contributed by atoms with Crippen molar-refractivity contribution in [2.45, 2.75) is 45.1 Å². The van der Waals surface area contributed by atoms with Crippen molar-refractivity contribution in [3.8, 4) is 0 Å². The summed E-state index contributed by atoms with van der Waals surface area (Å²) < 4.78 is 0. The Kier molecular flexibility index (Phi) is 6.27. The number of halogens is 1. The van der Waals surface area contributed by atoms with E-state index in [1.807, 2.05) is 16.7 Å². The fraction of sp³-hybridized carbons (Fsp3) is 0.857. The zero-order valence-electron chi connectivity index (χ0n) is 12.5. The van der Waals surface area contributed by atoms with Gasteiger partial charge in [0.25, 0.3) is 0 Å². The Bertz CT molecular complexity index is 356. The maximum absolute atomic E-state index is 12.7. The molecule has 1 N–H and O–H groups in total. The highest BCUT2D eigenvalue weighted by Crippen LogP contribution is 2.22. The van der Waals surface area contributed by atoms with Crippen LogP contribution in [-0.4, -0.2) is 59.9 Å². The lowest BCUT2D eigenvalue weighted by atomic mass is 9.89. The molecular formula is C14H26ClN3O2. The zero-order valence-corrected chi connectivity index (χ0v) is 13.3. The van der Waals surface area contributed by atoms with Gasteiger partial charge in [0.05, 0.1) is 5.54 Å². The van der Waals surface area contributed by atoms with E-state index < -0.39 is 5.54 Å². The SMILES string of the molecule is CC(=O)N1CCCN(C(=O)C2(C)CCCCN2)CC1.Cl. The summed E-state index contributed by atoms with van der Waals surface area (Å²) in [6.07, 6.45) is 4.06.